The molecule has 0 aliphatic rings. The van der Waals surface area contributed by atoms with Gasteiger partial charge in [-0.3, -0.25) is 4.99 Å². The Morgan fingerprint density at radius 2 is 1.96 bits per heavy atom. The number of hydrogen-bond acceptors (Lipinski definition) is 6. The van der Waals surface area contributed by atoms with Gasteiger partial charge in [-0.25, -0.2) is 9.78 Å². The molecule has 0 fully saturated rings. The molecule has 0 saturated carbocycles. The van der Waals surface area contributed by atoms with E-state index in [0.717, 1.165) is 24.4 Å². The van der Waals surface area contributed by atoms with Crippen LogP contribution in [-0.2, 0) is 4.74 Å². The van der Waals surface area contributed by atoms with Crippen molar-refractivity contribution in [2.45, 2.75) is 60.4 Å². The number of esters is 1. The molecular weight excluding hydrogens is 491 g/mol. The Kier molecular flexibility index (Phi) is 12.9. The van der Waals surface area contributed by atoms with Crippen LogP contribution in [0.4, 0.5) is 0 Å². The summed E-state index contributed by atoms with van der Waals surface area (Å²) in [4.78, 5) is 21.7. The number of halogens is 1. The third kappa shape index (κ3) is 7.47. The maximum Gasteiger partial charge on any atom is 0.350 e. The number of aliphatic hydroxyl groups excluding tert-OH is 1. The first-order valence-electron chi connectivity index (χ1n) is 9.66. The van der Waals surface area contributed by atoms with Crippen molar-refractivity contribution < 1.29 is 14.6 Å². The summed E-state index contributed by atoms with van der Waals surface area (Å²) in [7, 11) is 0. The zero-order valence-corrected chi connectivity index (χ0v) is 20.9. The minimum atomic E-state index is -0.329. The second kappa shape index (κ2) is 13.3. The highest BCUT2D eigenvalue weighted by Gasteiger charge is 2.25. The van der Waals surface area contributed by atoms with Crippen LogP contribution in [0.1, 0.15) is 73.9 Å². The van der Waals surface area contributed by atoms with Gasteiger partial charge in [0.05, 0.1) is 31.5 Å². The van der Waals surface area contributed by atoms with Gasteiger partial charge < -0.3 is 20.5 Å². The van der Waals surface area contributed by atoms with Gasteiger partial charge in [0.15, 0.2) is 5.96 Å². The van der Waals surface area contributed by atoms with E-state index in [-0.39, 0.29) is 48.0 Å². The summed E-state index contributed by atoms with van der Waals surface area (Å²) in [6.45, 7) is 13.5. The molecule has 162 valence electrons. The summed E-state index contributed by atoms with van der Waals surface area (Å²) in [5, 5.41) is 17.1. The molecule has 0 aromatic carbocycles. The van der Waals surface area contributed by atoms with Gasteiger partial charge in [-0.15, -0.1) is 35.3 Å². The van der Waals surface area contributed by atoms with Gasteiger partial charge in [-0.05, 0) is 40.5 Å². The second-order valence-electron chi connectivity index (χ2n) is 6.61. The molecule has 1 aromatic heterocycles. The minimum Gasteiger partial charge on any atom is -0.462 e. The van der Waals surface area contributed by atoms with Gasteiger partial charge >= 0.3 is 5.97 Å². The minimum absolute atomic E-state index is 0. The summed E-state index contributed by atoms with van der Waals surface area (Å²) in [6, 6.07) is -0.110. The Hall–Kier alpha value is -0.940. The Bertz CT molecular complexity index is 624. The van der Waals surface area contributed by atoms with E-state index in [4.69, 9.17) is 4.74 Å². The molecule has 0 radical (unpaired) electrons. The lowest BCUT2D eigenvalue weighted by atomic mass is 9.83. The highest BCUT2D eigenvalue weighted by Crippen LogP contribution is 2.26. The van der Waals surface area contributed by atoms with E-state index in [9.17, 15) is 9.90 Å². The average molecular weight is 526 g/mol. The predicted molar refractivity (Wildman–Crippen MR) is 126 cm³/mol. The number of rotatable bonds is 10. The SMILES string of the molecule is CCNC(=NCC(CC)(CC)CO)NC(C)c1nc(C)c(C(=O)OCC)s1.I. The van der Waals surface area contributed by atoms with Crippen molar-refractivity contribution in [1.29, 1.82) is 0 Å². The summed E-state index contributed by atoms with van der Waals surface area (Å²) >= 11 is 1.34. The summed E-state index contributed by atoms with van der Waals surface area (Å²) in [5.41, 5.74) is 0.487. The van der Waals surface area contributed by atoms with E-state index in [1.807, 2.05) is 20.8 Å². The van der Waals surface area contributed by atoms with Crippen LogP contribution in [0.3, 0.4) is 0 Å². The van der Waals surface area contributed by atoms with Crippen LogP contribution in [0.15, 0.2) is 4.99 Å². The number of aromatic nitrogens is 1. The number of carbonyl (C=O) groups excluding carboxylic acids is 1. The van der Waals surface area contributed by atoms with Gasteiger partial charge in [0.2, 0.25) is 0 Å². The highest BCUT2D eigenvalue weighted by molar-refractivity contribution is 14.0. The first kappa shape index (κ1) is 27.1. The fourth-order valence-corrected chi connectivity index (χ4v) is 3.53. The largest absolute Gasteiger partial charge is 0.462 e. The molecule has 1 heterocycles. The lowest BCUT2D eigenvalue weighted by Crippen LogP contribution is -2.40. The maximum absolute atomic E-state index is 12.0. The van der Waals surface area contributed by atoms with Crippen molar-refractivity contribution >= 4 is 47.2 Å². The Labute approximate surface area is 189 Å². The molecule has 7 nitrogen and oxygen atoms in total. The van der Waals surface area contributed by atoms with Crippen molar-refractivity contribution in [2.75, 3.05) is 26.3 Å². The first-order chi connectivity index (χ1) is 12.9. The quantitative estimate of drug-likeness (QED) is 0.187. The number of aliphatic imine (C=N–C) groups is 1. The standard InChI is InChI=1S/C19H34N4O3S.HI/c1-7-19(8-2,12-24)11-21-18(20-9-3)23-14(6)16-22-13(5)15(27-16)17(25)26-10-4;/h14,24H,7-12H2,1-6H3,(H2,20,21,23);1H. The third-order valence-corrected chi connectivity index (χ3v) is 6.07. The molecule has 0 bridgehead atoms. The van der Waals surface area contributed by atoms with E-state index in [1.165, 1.54) is 11.3 Å². The zero-order valence-electron chi connectivity index (χ0n) is 17.8. The molecule has 1 atom stereocenters. The predicted octanol–water partition coefficient (Wildman–Crippen LogP) is 3.66. The van der Waals surface area contributed by atoms with Gasteiger partial charge in [0.25, 0.3) is 0 Å². The highest BCUT2D eigenvalue weighted by atomic mass is 127. The molecule has 0 aliphatic carbocycles. The van der Waals surface area contributed by atoms with Gasteiger partial charge in [-0.2, -0.15) is 0 Å². The van der Waals surface area contributed by atoms with E-state index >= 15 is 0 Å². The van der Waals surface area contributed by atoms with Crippen molar-refractivity contribution in [3.63, 3.8) is 0 Å². The number of aliphatic hydroxyl groups is 1. The van der Waals surface area contributed by atoms with E-state index in [1.54, 1.807) is 6.92 Å². The van der Waals surface area contributed by atoms with E-state index < -0.39 is 0 Å². The first-order valence-corrected chi connectivity index (χ1v) is 10.5. The van der Waals surface area contributed by atoms with Crippen molar-refractivity contribution in [3.8, 4) is 0 Å². The third-order valence-electron chi connectivity index (χ3n) is 4.75. The molecular formula is C19H35IN4O3S. The van der Waals surface area contributed by atoms with Crippen LogP contribution in [0.2, 0.25) is 0 Å². The Balaban J connectivity index is 0.00000729. The lowest BCUT2D eigenvalue weighted by molar-refractivity contribution is 0.0531. The molecule has 0 aliphatic heterocycles. The average Bonchev–Trinajstić information content (AvgIpc) is 3.05. The Morgan fingerprint density at radius 1 is 1.32 bits per heavy atom. The van der Waals surface area contributed by atoms with Crippen LogP contribution in [0.25, 0.3) is 0 Å². The van der Waals surface area contributed by atoms with Gasteiger partial charge in [0, 0.05) is 12.0 Å². The number of nitrogens with zero attached hydrogens (tertiary/aromatic N) is 2. The fourth-order valence-electron chi connectivity index (χ4n) is 2.57. The number of hydrogen-bond donors (Lipinski definition) is 3. The van der Waals surface area contributed by atoms with Crippen LogP contribution in [-0.4, -0.2) is 48.3 Å². The zero-order chi connectivity index (χ0) is 20.4. The molecule has 9 heteroatoms. The number of carbonyl (C=O) groups is 1. The molecule has 0 saturated heterocycles. The number of nitrogens with one attached hydrogen (secondary N) is 2. The van der Waals surface area contributed by atoms with E-state index in [0.29, 0.717) is 29.7 Å². The summed E-state index contributed by atoms with van der Waals surface area (Å²) in [5.74, 6) is 0.348. The fraction of sp³-hybridized carbons (Fsp3) is 0.737. The smallest absolute Gasteiger partial charge is 0.350 e. The van der Waals surface area contributed by atoms with Crippen LogP contribution >= 0.6 is 35.3 Å². The van der Waals surface area contributed by atoms with Crippen LogP contribution in [0.5, 0.6) is 0 Å². The summed E-state index contributed by atoms with van der Waals surface area (Å²) < 4.78 is 5.09. The number of ether oxygens (including phenoxy) is 1. The van der Waals surface area contributed by atoms with Crippen LogP contribution < -0.4 is 10.6 Å². The molecule has 0 spiro atoms. The van der Waals surface area contributed by atoms with Gasteiger partial charge in [0.1, 0.15) is 9.88 Å². The molecule has 1 aromatic rings. The topological polar surface area (TPSA) is 95.8 Å². The molecule has 1 rings (SSSR count). The Morgan fingerprint density at radius 3 is 2.46 bits per heavy atom. The molecule has 1 unspecified atom stereocenters. The van der Waals surface area contributed by atoms with E-state index in [2.05, 4.69) is 34.5 Å². The van der Waals surface area contributed by atoms with Crippen molar-refractivity contribution in [2.24, 2.45) is 10.4 Å². The maximum atomic E-state index is 12.0. The van der Waals surface area contributed by atoms with Crippen molar-refractivity contribution in [1.82, 2.24) is 15.6 Å². The van der Waals surface area contributed by atoms with Crippen molar-refractivity contribution in [3.05, 3.63) is 15.6 Å². The van der Waals surface area contributed by atoms with Crippen LogP contribution in [0, 0.1) is 12.3 Å². The number of thiazole rings is 1. The molecule has 3 N–H and O–H groups in total. The normalized spacial score (nSPS) is 12.9. The van der Waals surface area contributed by atoms with Gasteiger partial charge in [-0.1, -0.05) is 13.8 Å². The number of aryl methyl sites for hydroxylation is 1. The number of guanidine groups is 1. The molecule has 28 heavy (non-hydrogen) atoms. The molecule has 0 amide bonds. The monoisotopic (exact) mass is 526 g/mol. The summed E-state index contributed by atoms with van der Waals surface area (Å²) in [6.07, 6.45) is 1.74. The second-order valence-corrected chi connectivity index (χ2v) is 7.64. The lowest BCUT2D eigenvalue weighted by Gasteiger charge is -2.28.